The van der Waals surface area contributed by atoms with Gasteiger partial charge in [0.15, 0.2) is 0 Å². The van der Waals surface area contributed by atoms with Crippen molar-refractivity contribution in [2.75, 3.05) is 19.1 Å². The number of hydrogen-bond donors (Lipinski definition) is 0. The number of hydrogen-bond acceptors (Lipinski definition) is 6. The first-order chi connectivity index (χ1) is 6.10. The van der Waals surface area contributed by atoms with Gasteiger partial charge in [-0.1, -0.05) is 0 Å². The van der Waals surface area contributed by atoms with Gasteiger partial charge in [-0.05, 0) is 13.3 Å². The molecule has 0 amide bonds. The monoisotopic (exact) mass is 246 g/mol. The minimum atomic E-state index is -3.49. The van der Waals surface area contributed by atoms with Gasteiger partial charge in [-0.3, -0.25) is 8.37 Å². The molecule has 0 fully saturated rings. The molecule has 1 unspecified atom stereocenters. The molecule has 0 spiro atoms. The van der Waals surface area contributed by atoms with Gasteiger partial charge in [-0.2, -0.15) is 16.8 Å². The first-order valence-electron chi connectivity index (χ1n) is 3.83. The molecule has 14 heavy (non-hydrogen) atoms. The predicted molar refractivity (Wildman–Crippen MR) is 50.8 cm³/mol. The smallest absolute Gasteiger partial charge is 0.264 e. The molecular weight excluding hydrogens is 232 g/mol. The summed E-state index contributed by atoms with van der Waals surface area (Å²) in [6.45, 7) is 1.43. The first kappa shape index (κ1) is 13.8. The van der Waals surface area contributed by atoms with Crippen molar-refractivity contribution in [1.82, 2.24) is 0 Å². The van der Waals surface area contributed by atoms with Gasteiger partial charge >= 0.3 is 0 Å². The van der Waals surface area contributed by atoms with E-state index in [9.17, 15) is 16.8 Å². The second kappa shape index (κ2) is 5.06. The summed E-state index contributed by atoms with van der Waals surface area (Å²) in [7, 11) is -6.96. The van der Waals surface area contributed by atoms with Crippen LogP contribution in [0.5, 0.6) is 0 Å². The Balaban J connectivity index is 3.82. The molecule has 0 saturated heterocycles. The second-order valence-electron chi connectivity index (χ2n) is 2.93. The van der Waals surface area contributed by atoms with Crippen molar-refractivity contribution in [2.24, 2.45) is 0 Å². The Kier molecular flexibility index (Phi) is 4.99. The van der Waals surface area contributed by atoms with Crippen LogP contribution in [0.4, 0.5) is 0 Å². The zero-order valence-corrected chi connectivity index (χ0v) is 9.89. The average molecular weight is 246 g/mol. The van der Waals surface area contributed by atoms with E-state index in [-0.39, 0.29) is 13.0 Å². The zero-order valence-electron chi connectivity index (χ0n) is 8.26. The molecule has 0 aliphatic rings. The Morgan fingerprint density at radius 1 is 1.07 bits per heavy atom. The van der Waals surface area contributed by atoms with Crippen molar-refractivity contribution in [3.05, 3.63) is 0 Å². The lowest BCUT2D eigenvalue weighted by atomic mass is 10.3. The van der Waals surface area contributed by atoms with E-state index in [2.05, 4.69) is 8.37 Å². The highest BCUT2D eigenvalue weighted by Crippen LogP contribution is 2.02. The SMILES string of the molecule is CC(CCOS(C)(=O)=O)OS(C)(=O)=O. The molecule has 1 atom stereocenters. The Bertz CT molecular complexity index is 354. The van der Waals surface area contributed by atoms with E-state index >= 15 is 0 Å². The average Bonchev–Trinajstić information content (AvgIpc) is 1.78. The first-order valence-corrected chi connectivity index (χ1v) is 7.46. The van der Waals surface area contributed by atoms with Gasteiger partial charge < -0.3 is 0 Å². The molecule has 0 aliphatic heterocycles. The van der Waals surface area contributed by atoms with Gasteiger partial charge in [0.05, 0.1) is 25.2 Å². The van der Waals surface area contributed by atoms with Crippen molar-refractivity contribution in [3.8, 4) is 0 Å². The van der Waals surface area contributed by atoms with Crippen molar-refractivity contribution < 1.29 is 25.2 Å². The van der Waals surface area contributed by atoms with E-state index < -0.39 is 26.3 Å². The lowest BCUT2D eigenvalue weighted by Crippen LogP contribution is -2.17. The Morgan fingerprint density at radius 3 is 1.93 bits per heavy atom. The summed E-state index contributed by atoms with van der Waals surface area (Å²) < 4.78 is 51.2. The third-order valence-electron chi connectivity index (χ3n) is 1.16. The van der Waals surface area contributed by atoms with Crippen LogP contribution in [-0.4, -0.2) is 42.1 Å². The van der Waals surface area contributed by atoms with Crippen molar-refractivity contribution in [2.45, 2.75) is 19.4 Å². The van der Waals surface area contributed by atoms with Crippen molar-refractivity contribution >= 4 is 20.2 Å². The quantitative estimate of drug-likeness (QED) is 0.599. The molecule has 0 aromatic rings. The van der Waals surface area contributed by atoms with E-state index in [1.54, 1.807) is 0 Å². The third kappa shape index (κ3) is 9.90. The number of rotatable bonds is 6. The fraction of sp³-hybridized carbons (Fsp3) is 1.00. The van der Waals surface area contributed by atoms with Gasteiger partial charge in [0.1, 0.15) is 0 Å². The standard InChI is InChI=1S/C6H14O6S2/c1-6(12-14(3,9)10)4-5-11-13(2,7)8/h6H,4-5H2,1-3H3. The summed E-state index contributed by atoms with van der Waals surface area (Å²) in [5.41, 5.74) is 0. The highest BCUT2D eigenvalue weighted by molar-refractivity contribution is 7.86. The Labute approximate surface area is 84.5 Å². The lowest BCUT2D eigenvalue weighted by Gasteiger charge is -2.09. The van der Waals surface area contributed by atoms with Crippen LogP contribution < -0.4 is 0 Å². The van der Waals surface area contributed by atoms with Crippen LogP contribution >= 0.6 is 0 Å². The molecule has 0 aliphatic carbocycles. The molecule has 6 nitrogen and oxygen atoms in total. The van der Waals surface area contributed by atoms with Gasteiger partial charge in [-0.25, -0.2) is 0 Å². The maximum Gasteiger partial charge on any atom is 0.264 e. The lowest BCUT2D eigenvalue weighted by molar-refractivity contribution is 0.187. The fourth-order valence-corrected chi connectivity index (χ4v) is 1.80. The van der Waals surface area contributed by atoms with Crippen LogP contribution in [0.3, 0.4) is 0 Å². The molecule has 0 bridgehead atoms. The van der Waals surface area contributed by atoms with Crippen LogP contribution in [0.25, 0.3) is 0 Å². The van der Waals surface area contributed by atoms with Gasteiger partial charge in [0, 0.05) is 0 Å². The summed E-state index contributed by atoms with van der Waals surface area (Å²) >= 11 is 0. The highest BCUT2D eigenvalue weighted by Gasteiger charge is 2.11. The van der Waals surface area contributed by atoms with Crippen LogP contribution in [0.2, 0.25) is 0 Å². The summed E-state index contributed by atoms with van der Waals surface area (Å²) in [5.74, 6) is 0. The summed E-state index contributed by atoms with van der Waals surface area (Å²) in [6.07, 6.45) is 1.46. The molecule has 0 N–H and O–H groups in total. The minimum Gasteiger partial charge on any atom is -0.270 e. The highest BCUT2D eigenvalue weighted by atomic mass is 32.2. The molecule has 0 radical (unpaired) electrons. The van der Waals surface area contributed by atoms with Crippen molar-refractivity contribution in [3.63, 3.8) is 0 Å². The Hall–Kier alpha value is -0.180. The molecular formula is C6H14O6S2. The van der Waals surface area contributed by atoms with Gasteiger partial charge in [0.2, 0.25) is 0 Å². The van der Waals surface area contributed by atoms with Crippen LogP contribution in [0.1, 0.15) is 13.3 Å². The molecule has 86 valence electrons. The topological polar surface area (TPSA) is 86.7 Å². The van der Waals surface area contributed by atoms with E-state index in [4.69, 9.17) is 0 Å². The normalized spacial score (nSPS) is 15.4. The van der Waals surface area contributed by atoms with Crippen LogP contribution in [0, 0.1) is 0 Å². The molecule has 8 heteroatoms. The summed E-state index contributed by atoms with van der Waals surface area (Å²) in [6, 6.07) is 0. The maximum atomic E-state index is 10.6. The maximum absolute atomic E-state index is 10.6. The van der Waals surface area contributed by atoms with Gasteiger partial charge in [0.25, 0.3) is 20.2 Å². The summed E-state index contributed by atoms with van der Waals surface area (Å²) in [4.78, 5) is 0. The molecule has 0 aromatic carbocycles. The molecule has 0 rings (SSSR count). The van der Waals surface area contributed by atoms with Crippen molar-refractivity contribution in [1.29, 1.82) is 0 Å². The second-order valence-corrected chi connectivity index (χ2v) is 6.17. The fourth-order valence-electron chi connectivity index (χ4n) is 0.712. The van der Waals surface area contributed by atoms with Crippen LogP contribution in [0.15, 0.2) is 0 Å². The van der Waals surface area contributed by atoms with Gasteiger partial charge in [-0.15, -0.1) is 0 Å². The van der Waals surface area contributed by atoms with E-state index in [0.717, 1.165) is 12.5 Å². The molecule has 0 saturated carbocycles. The zero-order chi connectivity index (χ0) is 11.4. The van der Waals surface area contributed by atoms with E-state index in [0.29, 0.717) is 0 Å². The Morgan fingerprint density at radius 2 is 1.57 bits per heavy atom. The predicted octanol–water partition coefficient (Wildman–Crippen LogP) is -0.283. The molecule has 0 heterocycles. The van der Waals surface area contributed by atoms with Crippen LogP contribution in [-0.2, 0) is 28.6 Å². The third-order valence-corrected chi connectivity index (χ3v) is 2.43. The summed E-state index contributed by atoms with van der Waals surface area (Å²) in [5, 5.41) is 0. The molecule has 0 aromatic heterocycles. The minimum absolute atomic E-state index is 0.0878. The van der Waals surface area contributed by atoms with E-state index in [1.807, 2.05) is 0 Å². The van der Waals surface area contributed by atoms with E-state index in [1.165, 1.54) is 6.92 Å². The largest absolute Gasteiger partial charge is 0.270 e.